The summed E-state index contributed by atoms with van der Waals surface area (Å²) in [5, 5.41) is 6.73. The van der Waals surface area contributed by atoms with Crippen molar-refractivity contribution in [3.05, 3.63) is 53.9 Å². The van der Waals surface area contributed by atoms with Gasteiger partial charge in [-0.05, 0) is 36.5 Å². The number of fused-ring (bicyclic) bond motifs is 1. The van der Waals surface area contributed by atoms with Crippen molar-refractivity contribution in [1.29, 1.82) is 0 Å². The molecular weight excluding hydrogens is 234 g/mol. The van der Waals surface area contributed by atoms with Gasteiger partial charge in [-0.25, -0.2) is 0 Å². The lowest BCUT2D eigenvalue weighted by Gasteiger charge is -2.27. The fraction of sp³-hybridized carbons (Fsp3) is 0.312. The Balaban J connectivity index is 1.84. The molecule has 3 heteroatoms. The number of pyridine rings is 1. The first-order valence-corrected chi connectivity index (χ1v) is 6.84. The Kier molecular flexibility index (Phi) is 3.36. The van der Waals surface area contributed by atoms with Gasteiger partial charge in [0.15, 0.2) is 0 Å². The molecule has 1 heterocycles. The van der Waals surface area contributed by atoms with Gasteiger partial charge in [0, 0.05) is 7.05 Å². The lowest BCUT2D eigenvalue weighted by atomic mass is 9.87. The molecule has 1 unspecified atom stereocenters. The summed E-state index contributed by atoms with van der Waals surface area (Å²) < 4.78 is 0. The summed E-state index contributed by atoms with van der Waals surface area (Å²) in [5.74, 6) is 0. The van der Waals surface area contributed by atoms with Gasteiger partial charge in [-0.3, -0.25) is 4.98 Å². The molecule has 0 spiro atoms. The predicted octanol–water partition coefficient (Wildman–Crippen LogP) is 3.61. The van der Waals surface area contributed by atoms with Crippen LogP contribution in [0.5, 0.6) is 0 Å². The maximum Gasteiger partial charge on any atom is 0.0552 e. The Morgan fingerprint density at radius 2 is 2.00 bits per heavy atom. The van der Waals surface area contributed by atoms with E-state index in [0.29, 0.717) is 6.04 Å². The Morgan fingerprint density at radius 3 is 2.89 bits per heavy atom. The molecule has 0 aliphatic heterocycles. The molecule has 98 valence electrons. The smallest absolute Gasteiger partial charge is 0.0552 e. The lowest BCUT2D eigenvalue weighted by Crippen LogP contribution is -2.17. The zero-order valence-electron chi connectivity index (χ0n) is 11.2. The Bertz CT molecular complexity index is 565. The van der Waals surface area contributed by atoms with Crippen molar-refractivity contribution in [2.75, 3.05) is 17.7 Å². The monoisotopic (exact) mass is 253 g/mol. The molecule has 0 radical (unpaired) electrons. The van der Waals surface area contributed by atoms with Crippen molar-refractivity contribution in [2.24, 2.45) is 0 Å². The van der Waals surface area contributed by atoms with E-state index in [1.54, 1.807) is 0 Å². The van der Waals surface area contributed by atoms with E-state index in [0.717, 1.165) is 11.4 Å². The molecule has 0 saturated carbocycles. The summed E-state index contributed by atoms with van der Waals surface area (Å²) in [4.78, 5) is 4.25. The van der Waals surface area contributed by atoms with Gasteiger partial charge in [0.05, 0.1) is 29.8 Å². The maximum absolute atomic E-state index is 4.25. The van der Waals surface area contributed by atoms with Gasteiger partial charge < -0.3 is 10.6 Å². The lowest BCUT2D eigenvalue weighted by molar-refractivity contribution is 0.600. The zero-order valence-corrected chi connectivity index (χ0v) is 11.2. The van der Waals surface area contributed by atoms with Gasteiger partial charge in [0.2, 0.25) is 0 Å². The number of aromatic nitrogens is 1. The van der Waals surface area contributed by atoms with Gasteiger partial charge >= 0.3 is 0 Å². The first kappa shape index (κ1) is 12.0. The second-order valence-electron chi connectivity index (χ2n) is 5.00. The minimum atomic E-state index is 0.402. The molecule has 0 saturated heterocycles. The Morgan fingerprint density at radius 1 is 1.16 bits per heavy atom. The second-order valence-corrected chi connectivity index (χ2v) is 5.00. The van der Waals surface area contributed by atoms with Gasteiger partial charge in [-0.1, -0.05) is 24.3 Å². The third kappa shape index (κ3) is 2.55. The predicted molar refractivity (Wildman–Crippen MR) is 79.5 cm³/mol. The molecule has 0 fully saturated rings. The number of benzene rings is 1. The SMILES string of the molecule is CNc1cncc(NC2CCCc3ccccc32)c1. The highest BCUT2D eigenvalue weighted by Crippen LogP contribution is 2.32. The highest BCUT2D eigenvalue weighted by molar-refractivity contribution is 5.55. The first-order valence-electron chi connectivity index (χ1n) is 6.84. The van der Waals surface area contributed by atoms with Crippen molar-refractivity contribution in [3.8, 4) is 0 Å². The van der Waals surface area contributed by atoms with Crippen LogP contribution in [0.2, 0.25) is 0 Å². The van der Waals surface area contributed by atoms with Crippen LogP contribution in [0.3, 0.4) is 0 Å². The van der Waals surface area contributed by atoms with Crippen LogP contribution >= 0.6 is 0 Å². The molecule has 0 amide bonds. The molecule has 3 nitrogen and oxygen atoms in total. The van der Waals surface area contributed by atoms with Gasteiger partial charge in [0.25, 0.3) is 0 Å². The molecule has 1 aromatic carbocycles. The van der Waals surface area contributed by atoms with Crippen LogP contribution in [0.1, 0.15) is 30.0 Å². The van der Waals surface area contributed by atoms with Crippen LogP contribution in [0.4, 0.5) is 11.4 Å². The number of nitrogens with zero attached hydrogens (tertiary/aromatic N) is 1. The number of nitrogens with one attached hydrogen (secondary N) is 2. The number of rotatable bonds is 3. The molecule has 19 heavy (non-hydrogen) atoms. The largest absolute Gasteiger partial charge is 0.387 e. The van der Waals surface area contributed by atoms with E-state index in [1.165, 1.54) is 30.4 Å². The average molecular weight is 253 g/mol. The number of anilines is 2. The topological polar surface area (TPSA) is 37.0 Å². The molecule has 2 aromatic rings. The van der Waals surface area contributed by atoms with Crippen molar-refractivity contribution in [3.63, 3.8) is 0 Å². The van der Waals surface area contributed by atoms with Crippen LogP contribution in [0.15, 0.2) is 42.7 Å². The van der Waals surface area contributed by atoms with Crippen molar-refractivity contribution in [2.45, 2.75) is 25.3 Å². The quantitative estimate of drug-likeness (QED) is 0.877. The number of hydrogen-bond donors (Lipinski definition) is 2. The highest BCUT2D eigenvalue weighted by atomic mass is 14.9. The normalized spacial score (nSPS) is 17.6. The molecule has 1 aliphatic carbocycles. The fourth-order valence-electron chi connectivity index (χ4n) is 2.76. The molecule has 1 aromatic heterocycles. The van der Waals surface area contributed by atoms with E-state index in [9.17, 15) is 0 Å². The number of hydrogen-bond acceptors (Lipinski definition) is 3. The standard InChI is InChI=1S/C16H19N3/c1-17-13-9-14(11-18-10-13)19-16-8-4-6-12-5-2-3-7-15(12)16/h2-3,5,7,9-11,16-17,19H,4,6,8H2,1H3. The third-order valence-electron chi connectivity index (χ3n) is 3.74. The van der Waals surface area contributed by atoms with E-state index in [4.69, 9.17) is 0 Å². The van der Waals surface area contributed by atoms with E-state index in [2.05, 4.69) is 45.9 Å². The van der Waals surface area contributed by atoms with E-state index in [-0.39, 0.29) is 0 Å². The second kappa shape index (κ2) is 5.31. The summed E-state index contributed by atoms with van der Waals surface area (Å²) >= 11 is 0. The minimum Gasteiger partial charge on any atom is -0.387 e. The molecule has 3 rings (SSSR count). The summed E-state index contributed by atoms with van der Waals surface area (Å²) in [6, 6.07) is 11.2. The first-order chi connectivity index (χ1) is 9.36. The van der Waals surface area contributed by atoms with Gasteiger partial charge in [0.1, 0.15) is 0 Å². The summed E-state index contributed by atoms with van der Waals surface area (Å²) in [6.45, 7) is 0. The van der Waals surface area contributed by atoms with E-state index >= 15 is 0 Å². The van der Waals surface area contributed by atoms with E-state index < -0.39 is 0 Å². The van der Waals surface area contributed by atoms with Crippen LogP contribution in [0, 0.1) is 0 Å². The minimum absolute atomic E-state index is 0.402. The third-order valence-corrected chi connectivity index (χ3v) is 3.74. The molecule has 2 N–H and O–H groups in total. The molecule has 0 bridgehead atoms. The van der Waals surface area contributed by atoms with Gasteiger partial charge in [-0.15, -0.1) is 0 Å². The zero-order chi connectivity index (χ0) is 13.1. The van der Waals surface area contributed by atoms with Gasteiger partial charge in [-0.2, -0.15) is 0 Å². The molecular formula is C16H19N3. The summed E-state index contributed by atoms with van der Waals surface area (Å²) in [7, 11) is 1.91. The maximum atomic E-state index is 4.25. The van der Waals surface area contributed by atoms with Crippen molar-refractivity contribution in [1.82, 2.24) is 4.98 Å². The summed E-state index contributed by atoms with van der Waals surface area (Å²) in [5.41, 5.74) is 5.02. The van der Waals surface area contributed by atoms with Crippen molar-refractivity contribution < 1.29 is 0 Å². The Hall–Kier alpha value is -2.03. The van der Waals surface area contributed by atoms with Crippen LogP contribution in [-0.4, -0.2) is 12.0 Å². The average Bonchev–Trinajstić information content (AvgIpc) is 2.48. The molecule has 1 aliphatic rings. The van der Waals surface area contributed by atoms with Crippen molar-refractivity contribution >= 4 is 11.4 Å². The Labute approximate surface area is 114 Å². The molecule has 1 atom stereocenters. The highest BCUT2D eigenvalue weighted by Gasteiger charge is 2.19. The van der Waals surface area contributed by atoms with Crippen LogP contribution < -0.4 is 10.6 Å². The summed E-state index contributed by atoms with van der Waals surface area (Å²) in [6.07, 6.45) is 7.34. The van der Waals surface area contributed by atoms with Crippen LogP contribution in [-0.2, 0) is 6.42 Å². The van der Waals surface area contributed by atoms with E-state index in [1.807, 2.05) is 19.4 Å². The van der Waals surface area contributed by atoms with Crippen LogP contribution in [0.25, 0.3) is 0 Å². The fourth-order valence-corrected chi connectivity index (χ4v) is 2.76. The number of aryl methyl sites for hydroxylation is 1.